The van der Waals surface area contributed by atoms with Crippen LogP contribution in [0.2, 0.25) is 0 Å². The molecule has 3 atom stereocenters. The van der Waals surface area contributed by atoms with E-state index in [0.717, 1.165) is 18.4 Å². The summed E-state index contributed by atoms with van der Waals surface area (Å²) in [5, 5.41) is 0. The fraction of sp³-hybridized carbons (Fsp3) is 1.00. The highest BCUT2D eigenvalue weighted by molar-refractivity contribution is 4.77. The van der Waals surface area contributed by atoms with E-state index in [1.54, 1.807) is 0 Å². The van der Waals surface area contributed by atoms with Gasteiger partial charge in [-0.2, -0.15) is 0 Å². The van der Waals surface area contributed by atoms with Gasteiger partial charge in [-0.1, -0.05) is 40.0 Å². The zero-order valence-electron chi connectivity index (χ0n) is 9.38. The molecule has 0 amide bonds. The summed E-state index contributed by atoms with van der Waals surface area (Å²) in [6.07, 6.45) is 7.07. The van der Waals surface area contributed by atoms with Gasteiger partial charge in [-0.25, -0.2) is 0 Å². The molecule has 1 fully saturated rings. The Morgan fingerprint density at radius 1 is 1.15 bits per heavy atom. The molecule has 1 nitrogen and oxygen atoms in total. The van der Waals surface area contributed by atoms with Crippen LogP contribution in [0.4, 0.5) is 0 Å². The van der Waals surface area contributed by atoms with Gasteiger partial charge < -0.3 is 4.74 Å². The third-order valence-corrected chi connectivity index (χ3v) is 3.38. The van der Waals surface area contributed by atoms with Crippen molar-refractivity contribution in [2.45, 2.75) is 59.0 Å². The van der Waals surface area contributed by atoms with Gasteiger partial charge in [-0.3, -0.25) is 0 Å². The molecule has 0 N–H and O–H groups in total. The van der Waals surface area contributed by atoms with Crippen molar-refractivity contribution in [1.82, 2.24) is 0 Å². The number of hydrogen-bond acceptors (Lipinski definition) is 1. The smallest absolute Gasteiger partial charge is 0.0603 e. The molecule has 0 spiro atoms. The van der Waals surface area contributed by atoms with Crippen molar-refractivity contribution in [3.05, 3.63) is 0 Å². The van der Waals surface area contributed by atoms with E-state index in [2.05, 4.69) is 20.8 Å². The Bertz CT molecular complexity index is 133. The maximum atomic E-state index is 5.93. The molecule has 1 saturated heterocycles. The van der Waals surface area contributed by atoms with Gasteiger partial charge in [-0.05, 0) is 24.7 Å². The second-order valence-electron chi connectivity index (χ2n) is 4.34. The molecule has 0 aliphatic carbocycles. The van der Waals surface area contributed by atoms with Crippen molar-refractivity contribution in [2.75, 3.05) is 6.61 Å². The predicted octanol–water partition coefficient (Wildman–Crippen LogP) is 3.63. The van der Waals surface area contributed by atoms with Gasteiger partial charge in [0.15, 0.2) is 0 Å². The molecule has 0 bridgehead atoms. The monoisotopic (exact) mass is 184 g/mol. The average molecular weight is 184 g/mol. The molecule has 1 heterocycles. The summed E-state index contributed by atoms with van der Waals surface area (Å²) in [6, 6.07) is 0. The fourth-order valence-electron chi connectivity index (χ4n) is 2.36. The van der Waals surface area contributed by atoms with Crippen molar-refractivity contribution in [3.63, 3.8) is 0 Å². The van der Waals surface area contributed by atoms with Gasteiger partial charge in [0.25, 0.3) is 0 Å². The second-order valence-corrected chi connectivity index (χ2v) is 4.34. The van der Waals surface area contributed by atoms with Crippen LogP contribution in [0.15, 0.2) is 0 Å². The number of rotatable bonds is 4. The van der Waals surface area contributed by atoms with Gasteiger partial charge in [0.05, 0.1) is 6.10 Å². The molecule has 0 aromatic carbocycles. The zero-order chi connectivity index (χ0) is 9.68. The van der Waals surface area contributed by atoms with Crippen LogP contribution < -0.4 is 0 Å². The van der Waals surface area contributed by atoms with Crippen molar-refractivity contribution >= 4 is 0 Å². The largest absolute Gasteiger partial charge is 0.378 e. The molecule has 1 rings (SSSR count). The second kappa shape index (κ2) is 5.64. The summed E-state index contributed by atoms with van der Waals surface area (Å²) in [5.41, 5.74) is 0. The lowest BCUT2D eigenvalue weighted by molar-refractivity contribution is -0.0618. The molecule has 0 aromatic rings. The van der Waals surface area contributed by atoms with Gasteiger partial charge >= 0.3 is 0 Å². The Hall–Kier alpha value is -0.0400. The van der Waals surface area contributed by atoms with Crippen LogP contribution >= 0.6 is 0 Å². The molecule has 1 aliphatic rings. The lowest BCUT2D eigenvalue weighted by Gasteiger charge is -2.35. The molecule has 0 aromatic heterocycles. The van der Waals surface area contributed by atoms with Crippen LogP contribution in [0.25, 0.3) is 0 Å². The van der Waals surface area contributed by atoms with E-state index in [-0.39, 0.29) is 0 Å². The van der Waals surface area contributed by atoms with E-state index in [0.29, 0.717) is 6.10 Å². The maximum absolute atomic E-state index is 5.93. The molecule has 78 valence electrons. The van der Waals surface area contributed by atoms with Crippen LogP contribution in [0, 0.1) is 11.8 Å². The third-order valence-electron chi connectivity index (χ3n) is 3.38. The average Bonchev–Trinajstić information content (AvgIpc) is 2.19. The van der Waals surface area contributed by atoms with Crippen LogP contribution in [0.1, 0.15) is 52.9 Å². The van der Waals surface area contributed by atoms with E-state index in [9.17, 15) is 0 Å². The first-order valence-corrected chi connectivity index (χ1v) is 5.93. The molecule has 13 heavy (non-hydrogen) atoms. The summed E-state index contributed by atoms with van der Waals surface area (Å²) in [6.45, 7) is 7.84. The summed E-state index contributed by atoms with van der Waals surface area (Å²) >= 11 is 0. The van der Waals surface area contributed by atoms with Gasteiger partial charge in [0, 0.05) is 6.61 Å². The Balaban J connectivity index is 2.40. The van der Waals surface area contributed by atoms with Crippen molar-refractivity contribution in [3.8, 4) is 0 Å². The van der Waals surface area contributed by atoms with Crippen LogP contribution in [-0.4, -0.2) is 12.7 Å². The lowest BCUT2D eigenvalue weighted by Crippen LogP contribution is -2.34. The normalized spacial score (nSPS) is 34.8. The van der Waals surface area contributed by atoms with Crippen LogP contribution in [0.5, 0.6) is 0 Å². The molecule has 0 unspecified atom stereocenters. The quantitative estimate of drug-likeness (QED) is 0.648. The van der Waals surface area contributed by atoms with E-state index in [1.807, 2.05) is 0 Å². The lowest BCUT2D eigenvalue weighted by atomic mass is 9.83. The van der Waals surface area contributed by atoms with E-state index in [4.69, 9.17) is 4.74 Å². The van der Waals surface area contributed by atoms with Gasteiger partial charge in [0.1, 0.15) is 0 Å². The third kappa shape index (κ3) is 2.98. The minimum Gasteiger partial charge on any atom is -0.378 e. The predicted molar refractivity (Wildman–Crippen MR) is 56.8 cm³/mol. The summed E-state index contributed by atoms with van der Waals surface area (Å²) < 4.78 is 5.93. The highest BCUT2D eigenvalue weighted by Gasteiger charge is 2.28. The first-order valence-electron chi connectivity index (χ1n) is 5.93. The minimum absolute atomic E-state index is 0.567. The summed E-state index contributed by atoms with van der Waals surface area (Å²) in [5.74, 6) is 1.66. The molecule has 1 heteroatoms. The first kappa shape index (κ1) is 11.0. The molecular formula is C12H24O. The molecule has 0 saturated carbocycles. The van der Waals surface area contributed by atoms with Crippen LogP contribution in [-0.2, 0) is 4.74 Å². The number of ether oxygens (including phenoxy) is 1. The molecule has 1 aliphatic heterocycles. The molecule has 0 radical (unpaired) electrons. The van der Waals surface area contributed by atoms with Crippen LogP contribution in [0.3, 0.4) is 0 Å². The Morgan fingerprint density at radius 2 is 1.92 bits per heavy atom. The Kier molecular flexibility index (Phi) is 4.79. The number of hydrogen-bond donors (Lipinski definition) is 0. The maximum Gasteiger partial charge on any atom is 0.0603 e. The van der Waals surface area contributed by atoms with Crippen molar-refractivity contribution < 1.29 is 4.74 Å². The summed E-state index contributed by atoms with van der Waals surface area (Å²) in [7, 11) is 0. The van der Waals surface area contributed by atoms with E-state index in [1.165, 1.54) is 32.1 Å². The SMILES string of the molecule is CCC[C@@H]1OC[C@@H](CC)C[C@H]1CC. The van der Waals surface area contributed by atoms with E-state index >= 15 is 0 Å². The topological polar surface area (TPSA) is 9.23 Å². The van der Waals surface area contributed by atoms with Gasteiger partial charge in [-0.15, -0.1) is 0 Å². The standard InChI is InChI=1S/C12H24O/c1-4-7-12-11(6-3)8-10(5-2)9-13-12/h10-12H,4-9H2,1-3H3/t10-,11+,12-/m0/s1. The minimum atomic E-state index is 0.567. The van der Waals surface area contributed by atoms with Crippen molar-refractivity contribution in [2.24, 2.45) is 11.8 Å². The fourth-order valence-corrected chi connectivity index (χ4v) is 2.36. The van der Waals surface area contributed by atoms with E-state index < -0.39 is 0 Å². The summed E-state index contributed by atoms with van der Waals surface area (Å²) in [4.78, 5) is 0. The highest BCUT2D eigenvalue weighted by Crippen LogP contribution is 2.31. The van der Waals surface area contributed by atoms with Crippen molar-refractivity contribution in [1.29, 1.82) is 0 Å². The highest BCUT2D eigenvalue weighted by atomic mass is 16.5. The Morgan fingerprint density at radius 3 is 2.46 bits per heavy atom. The van der Waals surface area contributed by atoms with Gasteiger partial charge in [0.2, 0.25) is 0 Å². The Labute approximate surface area is 82.9 Å². The molecular weight excluding hydrogens is 160 g/mol. The zero-order valence-corrected chi connectivity index (χ0v) is 9.38. The first-order chi connectivity index (χ1) is 6.31.